The number of ether oxygens (including phenoxy) is 1. The van der Waals surface area contributed by atoms with Crippen molar-refractivity contribution >= 4 is 0 Å². The molecule has 3 heteroatoms. The zero-order valence-corrected chi connectivity index (χ0v) is 17.3. The van der Waals surface area contributed by atoms with Gasteiger partial charge in [-0.3, -0.25) is 4.90 Å². The van der Waals surface area contributed by atoms with Crippen LogP contribution in [0.15, 0.2) is 48.5 Å². The molecule has 0 spiro atoms. The van der Waals surface area contributed by atoms with Crippen molar-refractivity contribution < 1.29 is 4.74 Å². The van der Waals surface area contributed by atoms with E-state index in [9.17, 15) is 0 Å². The summed E-state index contributed by atoms with van der Waals surface area (Å²) in [7, 11) is 2.21. The van der Waals surface area contributed by atoms with Gasteiger partial charge in [-0.05, 0) is 42.1 Å². The normalized spacial score (nSPS) is 19.8. The third-order valence-electron chi connectivity index (χ3n) is 6.28. The Morgan fingerprint density at radius 2 is 1.32 bits per heavy atom. The summed E-state index contributed by atoms with van der Waals surface area (Å²) in [5, 5.41) is 0. The summed E-state index contributed by atoms with van der Waals surface area (Å²) in [6.45, 7) is 6.50. The lowest BCUT2D eigenvalue weighted by Crippen LogP contribution is -2.43. The Kier molecular flexibility index (Phi) is 6.79. The largest absolute Gasteiger partial charge is 0.374 e. The molecule has 1 aliphatic heterocycles. The van der Waals surface area contributed by atoms with E-state index < -0.39 is 0 Å². The van der Waals surface area contributed by atoms with Gasteiger partial charge in [0.15, 0.2) is 0 Å². The molecule has 3 nitrogen and oxygen atoms in total. The van der Waals surface area contributed by atoms with Crippen LogP contribution in [0.2, 0.25) is 0 Å². The van der Waals surface area contributed by atoms with Crippen molar-refractivity contribution in [3.8, 4) is 11.1 Å². The Labute approximate surface area is 170 Å². The van der Waals surface area contributed by atoms with Gasteiger partial charge in [-0.1, -0.05) is 67.8 Å². The minimum absolute atomic E-state index is 0.473. The van der Waals surface area contributed by atoms with Gasteiger partial charge in [0, 0.05) is 32.7 Å². The maximum Gasteiger partial charge on any atom is 0.0720 e. The number of piperazine rings is 1. The van der Waals surface area contributed by atoms with Crippen molar-refractivity contribution in [2.45, 2.75) is 51.4 Å². The molecular formula is C25H34N2O. The molecule has 28 heavy (non-hydrogen) atoms. The first-order chi connectivity index (χ1) is 13.8. The monoisotopic (exact) mass is 378 g/mol. The summed E-state index contributed by atoms with van der Waals surface area (Å²) in [5.41, 5.74) is 5.27. The van der Waals surface area contributed by atoms with E-state index in [4.69, 9.17) is 4.74 Å². The van der Waals surface area contributed by atoms with E-state index in [1.807, 2.05) is 0 Å². The molecule has 0 N–H and O–H groups in total. The van der Waals surface area contributed by atoms with Crippen LogP contribution in [-0.4, -0.2) is 49.1 Å². The van der Waals surface area contributed by atoms with Crippen LogP contribution in [0.3, 0.4) is 0 Å². The van der Waals surface area contributed by atoms with E-state index in [0.717, 1.165) is 13.2 Å². The molecule has 2 aliphatic rings. The highest BCUT2D eigenvalue weighted by atomic mass is 16.5. The van der Waals surface area contributed by atoms with Crippen LogP contribution in [0.25, 0.3) is 11.1 Å². The minimum atomic E-state index is 0.473. The Morgan fingerprint density at radius 1 is 0.750 bits per heavy atom. The summed E-state index contributed by atoms with van der Waals surface area (Å²) in [4.78, 5) is 4.96. The molecule has 2 aromatic rings. The maximum absolute atomic E-state index is 6.10. The van der Waals surface area contributed by atoms with Gasteiger partial charge in [0.25, 0.3) is 0 Å². The number of hydrogen-bond acceptors (Lipinski definition) is 3. The van der Waals surface area contributed by atoms with Crippen LogP contribution in [0.5, 0.6) is 0 Å². The minimum Gasteiger partial charge on any atom is -0.374 e. The maximum atomic E-state index is 6.10. The summed E-state index contributed by atoms with van der Waals surface area (Å²) >= 11 is 0. The van der Waals surface area contributed by atoms with Crippen LogP contribution in [0, 0.1) is 0 Å². The highest BCUT2D eigenvalue weighted by Gasteiger charge is 2.14. The van der Waals surface area contributed by atoms with E-state index in [0.29, 0.717) is 6.10 Å². The first-order valence-corrected chi connectivity index (χ1v) is 11.0. The van der Waals surface area contributed by atoms with E-state index in [1.165, 1.54) is 80.5 Å². The zero-order valence-electron chi connectivity index (χ0n) is 17.3. The molecule has 0 aromatic heterocycles. The Balaban J connectivity index is 1.30. The third kappa shape index (κ3) is 5.44. The van der Waals surface area contributed by atoms with Crippen LogP contribution >= 0.6 is 0 Å². The molecule has 1 saturated heterocycles. The molecule has 0 bridgehead atoms. The van der Waals surface area contributed by atoms with Crippen molar-refractivity contribution in [3.05, 3.63) is 59.7 Å². The fourth-order valence-electron chi connectivity index (χ4n) is 4.31. The molecule has 1 aliphatic carbocycles. The smallest absolute Gasteiger partial charge is 0.0720 e. The van der Waals surface area contributed by atoms with Gasteiger partial charge in [-0.2, -0.15) is 0 Å². The predicted octanol–water partition coefficient (Wildman–Crippen LogP) is 4.95. The van der Waals surface area contributed by atoms with Crippen LogP contribution in [-0.2, 0) is 17.9 Å². The third-order valence-corrected chi connectivity index (χ3v) is 6.28. The summed E-state index contributed by atoms with van der Waals surface area (Å²) in [6, 6.07) is 18.0. The van der Waals surface area contributed by atoms with Gasteiger partial charge in [-0.25, -0.2) is 0 Å². The molecule has 0 atom stereocenters. The molecule has 1 heterocycles. The Hall–Kier alpha value is -1.68. The topological polar surface area (TPSA) is 15.7 Å². The standard InChI is InChI=1S/C25H34N2O/c1-26-15-17-27(18-16-26)19-21-7-11-23(12-8-21)24-13-9-22(10-14-24)20-28-25-5-3-2-4-6-25/h7-14,25H,2-6,15-20H2,1H3. The Bertz CT molecular complexity index is 711. The Morgan fingerprint density at radius 3 is 1.93 bits per heavy atom. The average molecular weight is 379 g/mol. The first kappa shape index (κ1) is 19.6. The van der Waals surface area contributed by atoms with Crippen LogP contribution in [0.4, 0.5) is 0 Å². The number of rotatable bonds is 6. The predicted molar refractivity (Wildman–Crippen MR) is 116 cm³/mol. The van der Waals surface area contributed by atoms with Gasteiger partial charge in [0.2, 0.25) is 0 Å². The second-order valence-electron chi connectivity index (χ2n) is 8.54. The molecular weight excluding hydrogens is 344 g/mol. The molecule has 1 saturated carbocycles. The molecule has 0 unspecified atom stereocenters. The summed E-state index contributed by atoms with van der Waals surface area (Å²) in [6.07, 6.45) is 6.98. The van der Waals surface area contributed by atoms with E-state index >= 15 is 0 Å². The van der Waals surface area contributed by atoms with Crippen molar-refractivity contribution in [3.63, 3.8) is 0 Å². The van der Waals surface area contributed by atoms with E-state index in [-0.39, 0.29) is 0 Å². The number of hydrogen-bond donors (Lipinski definition) is 0. The number of nitrogens with zero attached hydrogens (tertiary/aromatic N) is 2. The van der Waals surface area contributed by atoms with Gasteiger partial charge in [-0.15, -0.1) is 0 Å². The molecule has 150 valence electrons. The highest BCUT2D eigenvalue weighted by Crippen LogP contribution is 2.24. The van der Waals surface area contributed by atoms with Crippen LogP contribution < -0.4 is 0 Å². The second-order valence-corrected chi connectivity index (χ2v) is 8.54. The summed E-state index contributed by atoms with van der Waals surface area (Å²) < 4.78 is 6.10. The fourth-order valence-corrected chi connectivity index (χ4v) is 4.31. The van der Waals surface area contributed by atoms with Gasteiger partial charge in [0.05, 0.1) is 12.7 Å². The fraction of sp³-hybridized carbons (Fsp3) is 0.520. The molecule has 0 amide bonds. The first-order valence-electron chi connectivity index (χ1n) is 11.0. The van der Waals surface area contributed by atoms with Crippen molar-refractivity contribution in [1.82, 2.24) is 9.80 Å². The molecule has 0 radical (unpaired) electrons. The van der Waals surface area contributed by atoms with Gasteiger partial charge < -0.3 is 9.64 Å². The molecule has 2 fully saturated rings. The molecule has 2 aromatic carbocycles. The second kappa shape index (κ2) is 9.69. The lowest BCUT2D eigenvalue weighted by Gasteiger charge is -2.32. The highest BCUT2D eigenvalue weighted by molar-refractivity contribution is 5.63. The quantitative estimate of drug-likeness (QED) is 0.707. The van der Waals surface area contributed by atoms with Gasteiger partial charge >= 0.3 is 0 Å². The lowest BCUT2D eigenvalue weighted by atomic mass is 9.98. The summed E-state index contributed by atoms with van der Waals surface area (Å²) in [5.74, 6) is 0. The van der Waals surface area contributed by atoms with Crippen molar-refractivity contribution in [2.75, 3.05) is 33.2 Å². The van der Waals surface area contributed by atoms with Crippen molar-refractivity contribution in [2.24, 2.45) is 0 Å². The van der Waals surface area contributed by atoms with Crippen molar-refractivity contribution in [1.29, 1.82) is 0 Å². The zero-order chi connectivity index (χ0) is 19.2. The number of benzene rings is 2. The average Bonchev–Trinajstić information content (AvgIpc) is 2.76. The van der Waals surface area contributed by atoms with Crippen LogP contribution in [0.1, 0.15) is 43.2 Å². The van der Waals surface area contributed by atoms with E-state index in [1.54, 1.807) is 0 Å². The van der Waals surface area contributed by atoms with Gasteiger partial charge in [0.1, 0.15) is 0 Å². The number of likely N-dealkylation sites (N-methyl/N-ethyl adjacent to an activating group) is 1. The lowest BCUT2D eigenvalue weighted by molar-refractivity contribution is 0.0169. The SMILES string of the molecule is CN1CCN(Cc2ccc(-c3ccc(COC4CCCCC4)cc3)cc2)CC1. The van der Waals surface area contributed by atoms with E-state index in [2.05, 4.69) is 65.4 Å². The molecule has 4 rings (SSSR count).